The molecule has 0 spiro atoms. The van der Waals surface area contributed by atoms with Gasteiger partial charge < -0.3 is 9.47 Å². The van der Waals surface area contributed by atoms with Crippen LogP contribution in [0, 0.1) is 0 Å². The summed E-state index contributed by atoms with van der Waals surface area (Å²) in [5, 5.41) is 7.43. The molecule has 1 heterocycles. The Bertz CT molecular complexity index is 911. The number of nitrogens with one attached hydrogen (secondary N) is 1. The average molecular weight is 388 g/mol. The van der Waals surface area contributed by atoms with Crippen LogP contribution in [0.2, 0.25) is 5.02 Å². The van der Waals surface area contributed by atoms with Crippen molar-refractivity contribution < 1.29 is 9.47 Å². The lowest BCUT2D eigenvalue weighted by molar-refractivity contribution is 0.340. The molecule has 0 fully saturated rings. The summed E-state index contributed by atoms with van der Waals surface area (Å²) in [7, 11) is 1.65. The summed E-state index contributed by atoms with van der Waals surface area (Å²) in [6.45, 7) is 2.50. The van der Waals surface area contributed by atoms with Crippen LogP contribution in [0.5, 0.6) is 11.5 Å². The topological polar surface area (TPSA) is 55.7 Å². The molecule has 5 nitrogen and oxygen atoms in total. The number of aromatic nitrogens is 1. The lowest BCUT2D eigenvalue weighted by Gasteiger charge is -2.05. The number of rotatable bonds is 7. The molecule has 0 aliphatic rings. The van der Waals surface area contributed by atoms with Gasteiger partial charge in [0.05, 0.1) is 30.6 Å². The van der Waals surface area contributed by atoms with Crippen molar-refractivity contribution >= 4 is 34.3 Å². The summed E-state index contributed by atoms with van der Waals surface area (Å²) in [6, 6.07) is 13.3. The number of nitrogens with zero attached hydrogens (tertiary/aromatic N) is 2. The van der Waals surface area contributed by atoms with Crippen LogP contribution in [0.3, 0.4) is 0 Å². The van der Waals surface area contributed by atoms with Gasteiger partial charge in [-0.05, 0) is 42.8 Å². The highest BCUT2D eigenvalue weighted by molar-refractivity contribution is 7.14. The number of halogens is 1. The van der Waals surface area contributed by atoms with Gasteiger partial charge in [-0.25, -0.2) is 4.98 Å². The fraction of sp³-hybridized carbons (Fsp3) is 0.158. The van der Waals surface area contributed by atoms with Gasteiger partial charge in [-0.1, -0.05) is 23.7 Å². The molecule has 0 unspecified atom stereocenters. The number of ether oxygens (including phenoxy) is 2. The first kappa shape index (κ1) is 18.2. The van der Waals surface area contributed by atoms with Crippen LogP contribution < -0.4 is 14.9 Å². The number of thiazole rings is 1. The second-order valence-electron chi connectivity index (χ2n) is 5.23. The van der Waals surface area contributed by atoms with Gasteiger partial charge in [-0.15, -0.1) is 11.3 Å². The van der Waals surface area contributed by atoms with Gasteiger partial charge in [-0.3, -0.25) is 5.43 Å². The first-order chi connectivity index (χ1) is 12.7. The molecule has 0 amide bonds. The number of hydrazone groups is 1. The molecule has 1 aromatic heterocycles. The van der Waals surface area contributed by atoms with Gasteiger partial charge in [0, 0.05) is 10.9 Å². The van der Waals surface area contributed by atoms with Crippen molar-refractivity contribution in [2.24, 2.45) is 5.10 Å². The van der Waals surface area contributed by atoms with Gasteiger partial charge >= 0.3 is 0 Å². The van der Waals surface area contributed by atoms with Crippen LogP contribution in [0.25, 0.3) is 11.3 Å². The van der Waals surface area contributed by atoms with Gasteiger partial charge in [0.25, 0.3) is 0 Å². The monoisotopic (exact) mass is 387 g/mol. The maximum Gasteiger partial charge on any atom is 0.203 e. The van der Waals surface area contributed by atoms with E-state index in [-0.39, 0.29) is 0 Å². The molecule has 3 aromatic rings. The standard InChI is InChI=1S/C19H18ClN3O2S/c1-3-25-18-9-8-13(10-15(18)20)11-21-23-19-22-16(12-26-19)14-6-4-5-7-17(14)24-2/h4-12H,3H2,1-2H3,(H,22,23)/b21-11-. The molecule has 0 saturated carbocycles. The molecule has 0 atom stereocenters. The molecule has 26 heavy (non-hydrogen) atoms. The molecule has 0 radical (unpaired) electrons. The Hall–Kier alpha value is -2.57. The largest absolute Gasteiger partial charge is 0.496 e. The lowest BCUT2D eigenvalue weighted by Crippen LogP contribution is -1.94. The van der Waals surface area contributed by atoms with Crippen molar-refractivity contribution in [1.29, 1.82) is 0 Å². The van der Waals surface area contributed by atoms with E-state index in [9.17, 15) is 0 Å². The first-order valence-electron chi connectivity index (χ1n) is 8.01. The smallest absolute Gasteiger partial charge is 0.203 e. The highest BCUT2D eigenvalue weighted by atomic mass is 35.5. The summed E-state index contributed by atoms with van der Waals surface area (Å²) in [5.74, 6) is 1.46. The van der Waals surface area contributed by atoms with Crippen LogP contribution in [-0.2, 0) is 0 Å². The number of anilines is 1. The zero-order valence-corrected chi connectivity index (χ0v) is 16.0. The number of hydrogen-bond donors (Lipinski definition) is 1. The maximum absolute atomic E-state index is 6.17. The third-order valence-corrected chi connectivity index (χ3v) is 4.56. The van der Waals surface area contributed by atoms with Gasteiger partial charge in [0.15, 0.2) is 0 Å². The van der Waals surface area contributed by atoms with Crippen molar-refractivity contribution in [3.8, 4) is 22.8 Å². The number of hydrogen-bond acceptors (Lipinski definition) is 6. The molecular formula is C19H18ClN3O2S. The molecule has 1 N–H and O–H groups in total. The van der Waals surface area contributed by atoms with E-state index >= 15 is 0 Å². The van der Waals surface area contributed by atoms with Gasteiger partial charge in [-0.2, -0.15) is 5.10 Å². The summed E-state index contributed by atoms with van der Waals surface area (Å²) in [6.07, 6.45) is 1.69. The van der Waals surface area contributed by atoms with Crippen molar-refractivity contribution in [3.63, 3.8) is 0 Å². The van der Waals surface area contributed by atoms with E-state index in [1.54, 1.807) is 19.4 Å². The van der Waals surface area contributed by atoms with E-state index < -0.39 is 0 Å². The van der Waals surface area contributed by atoms with Crippen LogP contribution in [0.1, 0.15) is 12.5 Å². The molecule has 134 valence electrons. The Morgan fingerprint density at radius 1 is 1.23 bits per heavy atom. The average Bonchev–Trinajstić information content (AvgIpc) is 3.13. The van der Waals surface area contributed by atoms with E-state index in [0.717, 1.165) is 22.6 Å². The fourth-order valence-electron chi connectivity index (χ4n) is 2.34. The maximum atomic E-state index is 6.17. The van der Waals surface area contributed by atoms with Crippen LogP contribution in [-0.4, -0.2) is 24.9 Å². The van der Waals surface area contributed by atoms with Crippen LogP contribution in [0.15, 0.2) is 52.9 Å². The highest BCUT2D eigenvalue weighted by Crippen LogP contribution is 2.31. The van der Waals surface area contributed by atoms with E-state index in [1.165, 1.54) is 11.3 Å². The predicted molar refractivity (Wildman–Crippen MR) is 108 cm³/mol. The van der Waals surface area contributed by atoms with Gasteiger partial charge in [0.1, 0.15) is 11.5 Å². The van der Waals surface area contributed by atoms with Crippen molar-refractivity contribution in [1.82, 2.24) is 4.98 Å². The molecule has 0 bridgehead atoms. The molecule has 7 heteroatoms. The third-order valence-electron chi connectivity index (χ3n) is 3.52. The molecule has 0 saturated heterocycles. The molecule has 0 aliphatic heterocycles. The summed E-state index contributed by atoms with van der Waals surface area (Å²) < 4.78 is 10.8. The minimum Gasteiger partial charge on any atom is -0.496 e. The Kier molecular flexibility index (Phi) is 6.09. The normalized spacial score (nSPS) is 10.9. The third kappa shape index (κ3) is 4.33. The Morgan fingerprint density at radius 3 is 2.85 bits per heavy atom. The van der Waals surface area contributed by atoms with Crippen molar-refractivity contribution in [2.75, 3.05) is 19.1 Å². The van der Waals surface area contributed by atoms with Crippen LogP contribution >= 0.6 is 22.9 Å². The molecule has 3 rings (SSSR count). The van der Waals surface area contributed by atoms with E-state index in [2.05, 4.69) is 15.5 Å². The zero-order chi connectivity index (χ0) is 18.4. The quantitative estimate of drug-likeness (QED) is 0.440. The van der Waals surface area contributed by atoms with Crippen molar-refractivity contribution in [3.05, 3.63) is 58.4 Å². The highest BCUT2D eigenvalue weighted by Gasteiger charge is 2.09. The van der Waals surface area contributed by atoms with Crippen molar-refractivity contribution in [2.45, 2.75) is 6.92 Å². The number of benzene rings is 2. The van der Waals surface area contributed by atoms with E-state index in [4.69, 9.17) is 21.1 Å². The second-order valence-corrected chi connectivity index (χ2v) is 6.50. The summed E-state index contributed by atoms with van der Waals surface area (Å²) >= 11 is 7.65. The molecule has 0 aliphatic carbocycles. The minimum absolute atomic E-state index is 0.559. The Labute approximate surface area is 161 Å². The summed E-state index contributed by atoms with van der Waals surface area (Å²) in [4.78, 5) is 4.54. The first-order valence-corrected chi connectivity index (χ1v) is 9.27. The Morgan fingerprint density at radius 2 is 2.08 bits per heavy atom. The summed E-state index contributed by atoms with van der Waals surface area (Å²) in [5.41, 5.74) is 5.60. The number of methoxy groups -OCH3 is 1. The van der Waals surface area contributed by atoms with Crippen LogP contribution in [0.4, 0.5) is 5.13 Å². The predicted octanol–water partition coefficient (Wildman–Crippen LogP) is 5.32. The lowest BCUT2D eigenvalue weighted by atomic mass is 10.1. The minimum atomic E-state index is 0.559. The molecule has 2 aromatic carbocycles. The second kappa shape index (κ2) is 8.69. The SMILES string of the molecule is CCOc1ccc(/C=N\Nc2nc(-c3ccccc3OC)cs2)cc1Cl. The number of para-hydroxylation sites is 1. The van der Waals surface area contributed by atoms with E-state index in [0.29, 0.717) is 22.5 Å². The molecular weight excluding hydrogens is 370 g/mol. The fourth-order valence-corrected chi connectivity index (χ4v) is 3.24. The Balaban J connectivity index is 1.68. The van der Waals surface area contributed by atoms with E-state index in [1.807, 2.05) is 48.7 Å². The zero-order valence-electron chi connectivity index (χ0n) is 14.4. The van der Waals surface area contributed by atoms with Gasteiger partial charge in [0.2, 0.25) is 5.13 Å².